The van der Waals surface area contributed by atoms with Crippen LogP contribution in [-0.4, -0.2) is 27.6 Å². The molecular weight excluding hydrogens is 414 g/mol. The van der Waals surface area contributed by atoms with E-state index >= 15 is 0 Å². The number of carbonyl (C=O) groups is 1. The number of nitrogen functional groups attached to an aromatic ring is 1. The molecule has 2 N–H and O–H groups in total. The van der Waals surface area contributed by atoms with Gasteiger partial charge >= 0.3 is 0 Å². The molecule has 0 bridgehead atoms. The van der Waals surface area contributed by atoms with Gasteiger partial charge in [-0.25, -0.2) is 9.97 Å². The molecule has 0 unspecified atom stereocenters. The monoisotopic (exact) mass is 433 g/mol. The quantitative estimate of drug-likeness (QED) is 0.346. The number of fused-ring (bicyclic) bond motifs is 3. The lowest BCUT2D eigenvalue weighted by atomic mass is 9.96. The van der Waals surface area contributed by atoms with Gasteiger partial charge in [-0.05, 0) is 35.7 Å². The molecule has 0 saturated carbocycles. The van der Waals surface area contributed by atoms with Crippen molar-refractivity contribution in [1.82, 2.24) is 9.97 Å². The maximum Gasteiger partial charge on any atom is 0.191 e. The maximum atomic E-state index is 12.4. The van der Waals surface area contributed by atoms with E-state index in [-0.39, 0.29) is 17.6 Å². The first kappa shape index (κ1) is 19.6. The lowest BCUT2D eigenvalue weighted by Gasteiger charge is -2.26. The molecule has 1 atom stereocenters. The van der Waals surface area contributed by atoms with Crippen molar-refractivity contribution in [3.8, 4) is 0 Å². The molecule has 1 aliphatic rings. The number of nitrogens with zero attached hydrogens (tertiary/aromatic N) is 2. The minimum atomic E-state index is 0.00239. The molecule has 3 aromatic rings. The number of Topliss-reactive ketones (excluding diaryl/α,β-unsaturated/α-hetero) is 1. The molecule has 5 nitrogen and oxygen atoms in total. The van der Waals surface area contributed by atoms with Crippen molar-refractivity contribution in [3.63, 3.8) is 0 Å². The summed E-state index contributed by atoms with van der Waals surface area (Å²) in [4.78, 5) is 23.5. The molecule has 0 fully saturated rings. The minimum absolute atomic E-state index is 0.00239. The number of hydrogen-bond acceptors (Lipinski definition) is 7. The smallest absolute Gasteiger partial charge is 0.191 e. The lowest BCUT2D eigenvalue weighted by Crippen LogP contribution is -2.26. The predicted molar refractivity (Wildman–Crippen MR) is 115 cm³/mol. The van der Waals surface area contributed by atoms with E-state index in [1.54, 1.807) is 35.6 Å². The standard InChI is InChI=1S/C20H20ClN3O2S2/c1-10(2)15-7-13-16(8-26-15)28-19-17(13)18(22)23-20(24-19)27-9-14(25)11-3-5-12(21)6-4-11/h3-6,10,15H,7-9H2,1-2H3,(H2,22,23,24)/t15-/m1/s1. The number of anilines is 1. The molecule has 146 valence electrons. The SMILES string of the molecule is CC(C)[C@H]1Cc2c(sc3nc(SCC(=O)c4ccc(Cl)cc4)nc(N)c23)CO1. The largest absolute Gasteiger partial charge is 0.383 e. The first-order valence-electron chi connectivity index (χ1n) is 9.03. The van der Waals surface area contributed by atoms with Crippen LogP contribution in [0.25, 0.3) is 10.2 Å². The third-order valence-electron chi connectivity index (χ3n) is 4.82. The van der Waals surface area contributed by atoms with Crippen molar-refractivity contribution in [2.24, 2.45) is 5.92 Å². The van der Waals surface area contributed by atoms with Crippen LogP contribution in [0.2, 0.25) is 5.02 Å². The molecule has 1 aliphatic heterocycles. The van der Waals surface area contributed by atoms with Crippen LogP contribution in [0.1, 0.15) is 34.6 Å². The van der Waals surface area contributed by atoms with E-state index in [1.165, 1.54) is 22.2 Å². The number of thioether (sulfide) groups is 1. The summed E-state index contributed by atoms with van der Waals surface area (Å²) < 4.78 is 5.96. The summed E-state index contributed by atoms with van der Waals surface area (Å²) in [5, 5.41) is 2.07. The molecule has 28 heavy (non-hydrogen) atoms. The molecule has 1 aromatic carbocycles. The molecule has 0 saturated heterocycles. The lowest BCUT2D eigenvalue weighted by molar-refractivity contribution is 0.00203. The van der Waals surface area contributed by atoms with Gasteiger partial charge in [-0.15, -0.1) is 11.3 Å². The molecule has 0 aliphatic carbocycles. The van der Waals surface area contributed by atoms with E-state index < -0.39 is 0 Å². The Bertz CT molecular complexity index is 1030. The second-order valence-corrected chi connectivity index (χ2v) is 9.55. The number of benzene rings is 1. The van der Waals surface area contributed by atoms with Crippen molar-refractivity contribution in [2.75, 3.05) is 11.5 Å². The van der Waals surface area contributed by atoms with Crippen molar-refractivity contribution < 1.29 is 9.53 Å². The van der Waals surface area contributed by atoms with Crippen molar-refractivity contribution >= 4 is 56.5 Å². The number of hydrogen-bond donors (Lipinski definition) is 1. The second-order valence-electron chi connectivity index (χ2n) is 7.09. The third kappa shape index (κ3) is 3.89. The van der Waals surface area contributed by atoms with Crippen LogP contribution >= 0.6 is 34.7 Å². The van der Waals surface area contributed by atoms with E-state index in [2.05, 4.69) is 23.8 Å². The zero-order valence-electron chi connectivity index (χ0n) is 15.6. The summed E-state index contributed by atoms with van der Waals surface area (Å²) in [7, 11) is 0. The Kier molecular flexibility index (Phi) is 5.60. The van der Waals surface area contributed by atoms with E-state index in [0.717, 1.165) is 16.6 Å². The Balaban J connectivity index is 1.55. The zero-order valence-corrected chi connectivity index (χ0v) is 18.0. The van der Waals surface area contributed by atoms with Crippen LogP contribution < -0.4 is 5.73 Å². The van der Waals surface area contributed by atoms with Gasteiger partial charge < -0.3 is 10.5 Å². The number of halogens is 1. The molecule has 0 spiro atoms. The molecule has 4 rings (SSSR count). The van der Waals surface area contributed by atoms with E-state index in [9.17, 15) is 4.79 Å². The predicted octanol–water partition coefficient (Wildman–Crippen LogP) is 5.00. The van der Waals surface area contributed by atoms with Gasteiger partial charge in [0.2, 0.25) is 0 Å². The van der Waals surface area contributed by atoms with Crippen LogP contribution in [0.4, 0.5) is 5.82 Å². The van der Waals surface area contributed by atoms with Gasteiger partial charge in [0.25, 0.3) is 0 Å². The molecule has 0 amide bonds. The molecular formula is C20H20ClN3O2S2. The summed E-state index contributed by atoms with van der Waals surface area (Å²) >= 11 is 8.78. The molecule has 0 radical (unpaired) electrons. The van der Waals surface area contributed by atoms with Crippen LogP contribution in [-0.2, 0) is 17.8 Å². The molecule has 8 heteroatoms. The highest BCUT2D eigenvalue weighted by Gasteiger charge is 2.27. The van der Waals surface area contributed by atoms with E-state index in [0.29, 0.717) is 34.1 Å². The van der Waals surface area contributed by atoms with Crippen LogP contribution in [0.3, 0.4) is 0 Å². The number of carbonyl (C=O) groups excluding carboxylic acids is 1. The van der Waals surface area contributed by atoms with Crippen LogP contribution in [0, 0.1) is 5.92 Å². The van der Waals surface area contributed by atoms with Gasteiger partial charge in [-0.1, -0.05) is 37.2 Å². The van der Waals surface area contributed by atoms with Crippen molar-refractivity contribution in [1.29, 1.82) is 0 Å². The number of aromatic nitrogens is 2. The number of thiophene rings is 1. The zero-order chi connectivity index (χ0) is 19.8. The maximum absolute atomic E-state index is 12.4. The Morgan fingerprint density at radius 2 is 2.11 bits per heavy atom. The third-order valence-corrected chi connectivity index (χ3v) is 7.02. The fourth-order valence-electron chi connectivity index (χ4n) is 3.23. The normalized spacial score (nSPS) is 16.5. The first-order chi connectivity index (χ1) is 13.4. The van der Waals surface area contributed by atoms with Gasteiger partial charge in [-0.3, -0.25) is 4.79 Å². The Labute approximate surface area is 176 Å². The number of rotatable bonds is 5. The highest BCUT2D eigenvalue weighted by atomic mass is 35.5. The van der Waals surface area contributed by atoms with Crippen molar-refractivity contribution in [3.05, 3.63) is 45.3 Å². The van der Waals surface area contributed by atoms with Gasteiger partial charge in [0.05, 0.1) is 23.8 Å². The Morgan fingerprint density at radius 3 is 2.82 bits per heavy atom. The minimum Gasteiger partial charge on any atom is -0.383 e. The second kappa shape index (κ2) is 7.99. The first-order valence-corrected chi connectivity index (χ1v) is 11.2. The van der Waals surface area contributed by atoms with Crippen LogP contribution in [0.15, 0.2) is 29.4 Å². The topological polar surface area (TPSA) is 78.1 Å². The highest BCUT2D eigenvalue weighted by molar-refractivity contribution is 7.99. The average Bonchev–Trinajstić information content (AvgIpc) is 3.04. The fraction of sp³-hybridized carbons (Fsp3) is 0.350. The van der Waals surface area contributed by atoms with Crippen molar-refractivity contribution in [2.45, 2.75) is 38.1 Å². The molecule has 3 heterocycles. The summed E-state index contributed by atoms with van der Waals surface area (Å²) in [6.07, 6.45) is 1.03. The van der Waals surface area contributed by atoms with Gasteiger partial charge in [0, 0.05) is 21.9 Å². The molecule has 2 aromatic heterocycles. The van der Waals surface area contributed by atoms with Gasteiger partial charge in [0.15, 0.2) is 10.9 Å². The summed E-state index contributed by atoms with van der Waals surface area (Å²) in [6, 6.07) is 6.87. The Hall–Kier alpha value is -1.67. The highest BCUT2D eigenvalue weighted by Crippen LogP contribution is 2.39. The van der Waals surface area contributed by atoms with E-state index in [4.69, 9.17) is 22.1 Å². The summed E-state index contributed by atoms with van der Waals surface area (Å²) in [6.45, 7) is 4.92. The number of ketones is 1. The van der Waals surface area contributed by atoms with E-state index in [1.807, 2.05) is 0 Å². The Morgan fingerprint density at radius 1 is 1.36 bits per heavy atom. The number of ether oxygens (including phenoxy) is 1. The van der Waals surface area contributed by atoms with Gasteiger partial charge in [-0.2, -0.15) is 0 Å². The van der Waals surface area contributed by atoms with Crippen LogP contribution in [0.5, 0.6) is 0 Å². The van der Waals surface area contributed by atoms with Gasteiger partial charge in [0.1, 0.15) is 10.6 Å². The fourth-order valence-corrected chi connectivity index (χ4v) is 5.29. The average molecular weight is 434 g/mol. The summed E-state index contributed by atoms with van der Waals surface area (Å²) in [5.74, 6) is 1.17. The summed E-state index contributed by atoms with van der Waals surface area (Å²) in [5.41, 5.74) is 8.12. The number of nitrogens with two attached hydrogens (primary N) is 1.